The van der Waals surface area contributed by atoms with Crippen LogP contribution in [0.5, 0.6) is 0 Å². The molecule has 5 aromatic rings. The third-order valence-corrected chi connectivity index (χ3v) is 6.09. The van der Waals surface area contributed by atoms with Gasteiger partial charge in [0.2, 0.25) is 0 Å². The summed E-state index contributed by atoms with van der Waals surface area (Å²) in [6.07, 6.45) is 1.82. The smallest absolute Gasteiger partial charge is 0.269 e. The summed E-state index contributed by atoms with van der Waals surface area (Å²) < 4.78 is 2.11. The van der Waals surface area contributed by atoms with Crippen molar-refractivity contribution >= 4 is 23.4 Å². The molecule has 0 aliphatic heterocycles. The quantitative estimate of drug-likeness (QED) is 0.103. The molecule has 0 spiro atoms. The molecule has 1 aromatic heterocycles. The lowest BCUT2D eigenvalue weighted by Gasteiger charge is -2.15. The van der Waals surface area contributed by atoms with E-state index in [1.165, 1.54) is 19.1 Å². The molecule has 1 heterocycles. The normalized spacial score (nSPS) is 11.1. The lowest BCUT2D eigenvalue weighted by molar-refractivity contribution is -0.384. The summed E-state index contributed by atoms with van der Waals surface area (Å²) in [7, 11) is 0. The number of nitro benzene ring substituents is 1. The molecule has 0 aliphatic rings. The van der Waals surface area contributed by atoms with Gasteiger partial charge in [-0.2, -0.15) is 0 Å². The number of rotatable bonds is 7. The van der Waals surface area contributed by atoms with Crippen LogP contribution in [0.1, 0.15) is 22.8 Å². The summed E-state index contributed by atoms with van der Waals surface area (Å²) in [5.74, 6) is 0.00886. The maximum absolute atomic E-state index is 11.6. The maximum Gasteiger partial charge on any atom is 0.269 e. The van der Waals surface area contributed by atoms with E-state index in [1.54, 1.807) is 24.3 Å². The van der Waals surface area contributed by atoms with Crippen LogP contribution in [-0.2, 0) is 0 Å². The number of non-ortho nitro benzene ring substituents is 1. The van der Waals surface area contributed by atoms with Crippen molar-refractivity contribution in [1.82, 2.24) is 4.57 Å². The zero-order valence-electron chi connectivity index (χ0n) is 20.1. The molecule has 6 heteroatoms. The Kier molecular flexibility index (Phi) is 6.55. The molecule has 4 aromatic carbocycles. The van der Waals surface area contributed by atoms with Crippen LogP contribution < -0.4 is 0 Å². The number of ketones is 1. The molecule has 180 valence electrons. The summed E-state index contributed by atoms with van der Waals surface area (Å²) in [5.41, 5.74) is 6.93. The van der Waals surface area contributed by atoms with E-state index in [-0.39, 0.29) is 11.5 Å². The van der Waals surface area contributed by atoms with Crippen molar-refractivity contribution in [3.05, 3.63) is 137 Å². The van der Waals surface area contributed by atoms with E-state index in [0.29, 0.717) is 5.56 Å². The van der Waals surface area contributed by atoms with Gasteiger partial charge in [-0.1, -0.05) is 60.7 Å². The van der Waals surface area contributed by atoms with Crippen LogP contribution in [0.4, 0.5) is 11.4 Å². The molecule has 0 unspecified atom stereocenters. The summed E-state index contributed by atoms with van der Waals surface area (Å²) >= 11 is 0. The Morgan fingerprint density at radius 2 is 1.41 bits per heavy atom. The van der Waals surface area contributed by atoms with Gasteiger partial charge in [-0.25, -0.2) is 0 Å². The Labute approximate surface area is 214 Å². The third-order valence-electron chi connectivity index (χ3n) is 6.09. The van der Waals surface area contributed by atoms with E-state index in [1.807, 2.05) is 79.0 Å². The molecule has 0 saturated heterocycles. The molecule has 37 heavy (non-hydrogen) atoms. The Morgan fingerprint density at radius 1 is 0.811 bits per heavy atom. The fraction of sp³-hybridized carbons (Fsp3) is 0.0323. The van der Waals surface area contributed by atoms with Gasteiger partial charge in [0.25, 0.3) is 5.69 Å². The number of aliphatic imine (C=N–C) groups is 1. The van der Waals surface area contributed by atoms with Crippen LogP contribution in [0.25, 0.3) is 28.2 Å². The van der Waals surface area contributed by atoms with Crippen LogP contribution in [0, 0.1) is 10.1 Å². The SMILES string of the molecule is CC(=O)c1ccc(N=Cc2cc(-c3ccccc3)n(-c3ccc([N+](=O)[O-])cc3)c2-c2ccccc2)cc1. The lowest BCUT2D eigenvalue weighted by atomic mass is 10.1. The molecule has 0 amide bonds. The first-order valence-electron chi connectivity index (χ1n) is 11.8. The molecule has 0 fully saturated rings. The monoisotopic (exact) mass is 485 g/mol. The van der Waals surface area contributed by atoms with Gasteiger partial charge in [0.15, 0.2) is 5.78 Å². The molecule has 0 radical (unpaired) electrons. The second-order valence-electron chi connectivity index (χ2n) is 8.54. The van der Waals surface area contributed by atoms with E-state index in [2.05, 4.69) is 10.6 Å². The highest BCUT2D eigenvalue weighted by molar-refractivity contribution is 5.96. The van der Waals surface area contributed by atoms with Gasteiger partial charge in [0.05, 0.1) is 22.0 Å². The van der Waals surface area contributed by atoms with Crippen molar-refractivity contribution in [3.63, 3.8) is 0 Å². The topological polar surface area (TPSA) is 77.5 Å². The zero-order valence-corrected chi connectivity index (χ0v) is 20.1. The highest BCUT2D eigenvalue weighted by Crippen LogP contribution is 2.36. The van der Waals surface area contributed by atoms with E-state index >= 15 is 0 Å². The summed E-state index contributed by atoms with van der Waals surface area (Å²) in [6, 6.07) is 35.8. The number of carbonyl (C=O) groups excluding carboxylic acids is 1. The van der Waals surface area contributed by atoms with E-state index < -0.39 is 4.92 Å². The van der Waals surface area contributed by atoms with Gasteiger partial charge < -0.3 is 4.57 Å². The second kappa shape index (κ2) is 10.3. The summed E-state index contributed by atoms with van der Waals surface area (Å²) in [6.45, 7) is 1.54. The first-order chi connectivity index (χ1) is 18.0. The van der Waals surface area contributed by atoms with Crippen molar-refractivity contribution in [3.8, 4) is 28.2 Å². The van der Waals surface area contributed by atoms with Gasteiger partial charge in [-0.05, 0) is 60.5 Å². The Hall–Kier alpha value is -5.10. The number of benzene rings is 4. The third kappa shape index (κ3) is 4.99. The van der Waals surface area contributed by atoms with Gasteiger partial charge in [0.1, 0.15) is 0 Å². The molecule has 5 rings (SSSR count). The van der Waals surface area contributed by atoms with Crippen LogP contribution in [0.3, 0.4) is 0 Å². The van der Waals surface area contributed by atoms with Crippen LogP contribution >= 0.6 is 0 Å². The number of Topliss-reactive ketones (excluding diaryl/α,β-unsaturated/α-hetero) is 1. The van der Waals surface area contributed by atoms with E-state index in [9.17, 15) is 14.9 Å². The highest BCUT2D eigenvalue weighted by atomic mass is 16.6. The van der Waals surface area contributed by atoms with Crippen LogP contribution in [0.15, 0.2) is 120 Å². The van der Waals surface area contributed by atoms with Gasteiger partial charge in [0, 0.05) is 35.2 Å². The molecular weight excluding hydrogens is 462 g/mol. The Bertz CT molecular complexity index is 1590. The van der Waals surface area contributed by atoms with Crippen molar-refractivity contribution < 1.29 is 9.72 Å². The second-order valence-corrected chi connectivity index (χ2v) is 8.54. The minimum absolute atomic E-state index is 0.00886. The van der Waals surface area contributed by atoms with Crippen LogP contribution in [0.2, 0.25) is 0 Å². The predicted octanol–water partition coefficient (Wildman–Crippen LogP) is 7.67. The van der Waals surface area contributed by atoms with Crippen LogP contribution in [-0.4, -0.2) is 21.5 Å². The van der Waals surface area contributed by atoms with Crippen molar-refractivity contribution in [1.29, 1.82) is 0 Å². The first-order valence-corrected chi connectivity index (χ1v) is 11.8. The first kappa shape index (κ1) is 23.6. The number of hydrogen-bond acceptors (Lipinski definition) is 4. The lowest BCUT2D eigenvalue weighted by Crippen LogP contribution is -2.01. The van der Waals surface area contributed by atoms with Gasteiger partial charge >= 0.3 is 0 Å². The number of nitro groups is 1. The number of aromatic nitrogens is 1. The summed E-state index contributed by atoms with van der Waals surface area (Å²) in [5, 5.41) is 11.3. The number of hydrogen-bond donors (Lipinski definition) is 0. The van der Waals surface area contributed by atoms with Crippen molar-refractivity contribution in [2.24, 2.45) is 4.99 Å². The van der Waals surface area contributed by atoms with E-state index in [0.717, 1.165) is 39.5 Å². The fourth-order valence-corrected chi connectivity index (χ4v) is 4.26. The molecule has 0 aliphatic carbocycles. The molecular formula is C31H23N3O3. The number of nitrogens with zero attached hydrogens (tertiary/aromatic N) is 3. The standard InChI is InChI=1S/C31H23N3O3/c1-22(35)23-12-14-27(15-13-23)32-21-26-20-30(24-8-4-2-5-9-24)33(31(26)25-10-6-3-7-11-25)28-16-18-29(19-17-28)34(36)37/h2-21H,1H3. The largest absolute Gasteiger partial charge is 0.309 e. The van der Waals surface area contributed by atoms with Crippen molar-refractivity contribution in [2.45, 2.75) is 6.92 Å². The minimum atomic E-state index is -0.398. The molecule has 0 bridgehead atoms. The van der Waals surface area contributed by atoms with E-state index in [4.69, 9.17) is 4.99 Å². The molecule has 0 N–H and O–H groups in total. The fourth-order valence-electron chi connectivity index (χ4n) is 4.26. The average molecular weight is 486 g/mol. The van der Waals surface area contributed by atoms with Gasteiger partial charge in [-0.3, -0.25) is 19.9 Å². The Morgan fingerprint density at radius 3 is 1.97 bits per heavy atom. The Balaban J connectivity index is 1.72. The van der Waals surface area contributed by atoms with Gasteiger partial charge in [-0.15, -0.1) is 0 Å². The average Bonchev–Trinajstić information content (AvgIpc) is 3.32. The zero-order chi connectivity index (χ0) is 25.8. The van der Waals surface area contributed by atoms with Crippen molar-refractivity contribution in [2.75, 3.05) is 0 Å². The summed E-state index contributed by atoms with van der Waals surface area (Å²) in [4.78, 5) is 27.2. The molecule has 0 atom stereocenters. The maximum atomic E-state index is 11.6. The number of carbonyl (C=O) groups is 1. The highest BCUT2D eigenvalue weighted by Gasteiger charge is 2.19. The predicted molar refractivity (Wildman–Crippen MR) is 147 cm³/mol. The minimum Gasteiger partial charge on any atom is -0.309 e. The molecule has 6 nitrogen and oxygen atoms in total. The molecule has 0 saturated carbocycles.